The third-order valence-corrected chi connectivity index (χ3v) is 2.65. The molecule has 0 saturated heterocycles. The number of aliphatic hydroxyl groups is 1. The van der Waals surface area contributed by atoms with Crippen LogP contribution in [0.15, 0.2) is 30.3 Å². The molecule has 1 aromatic carbocycles. The summed E-state index contributed by atoms with van der Waals surface area (Å²) in [6.07, 6.45) is 0.149. The lowest BCUT2D eigenvalue weighted by atomic mass is 9.63. The summed E-state index contributed by atoms with van der Waals surface area (Å²) in [5.74, 6) is 0. The van der Waals surface area contributed by atoms with Gasteiger partial charge in [0.15, 0.2) is 0 Å². The number of aliphatic hydroxyl groups excluding tert-OH is 1. The third kappa shape index (κ3) is 2.32. The van der Waals surface area contributed by atoms with Crippen LogP contribution in [0.1, 0.15) is 6.92 Å². The van der Waals surface area contributed by atoms with Crippen molar-refractivity contribution in [3.63, 3.8) is 0 Å². The lowest BCUT2D eigenvalue weighted by Crippen LogP contribution is -2.34. The first-order valence-electron chi connectivity index (χ1n) is 3.70. The van der Waals surface area contributed by atoms with Gasteiger partial charge in [0, 0.05) is 6.00 Å². The highest BCUT2D eigenvalue weighted by Gasteiger charge is 2.15. The molecule has 1 N–H and O–H groups in total. The molecule has 0 aliphatic heterocycles. The summed E-state index contributed by atoms with van der Waals surface area (Å²) in [4.78, 5) is 0. The Hall–Kier alpha value is -0.325. The maximum Gasteiger partial charge on any atom is 0.230 e. The van der Waals surface area contributed by atoms with E-state index in [9.17, 15) is 5.11 Å². The van der Waals surface area contributed by atoms with Gasteiger partial charge in [0.2, 0.25) is 6.43 Å². The van der Waals surface area contributed by atoms with E-state index in [1.165, 1.54) is 0 Å². The number of hydrogen-bond donors (Lipinski definition) is 1. The van der Waals surface area contributed by atoms with Gasteiger partial charge in [0.1, 0.15) is 0 Å². The molecule has 0 aromatic heterocycles. The van der Waals surface area contributed by atoms with Gasteiger partial charge in [-0.05, 0) is 6.92 Å². The fourth-order valence-electron chi connectivity index (χ4n) is 0.954. The molecular formula is C8H12BOP. The Morgan fingerprint density at radius 2 is 1.91 bits per heavy atom. The predicted molar refractivity (Wildman–Crippen MR) is 53.2 cm³/mol. The highest BCUT2D eigenvalue weighted by Crippen LogP contribution is 2.00. The minimum absolute atomic E-state index is 0.149. The van der Waals surface area contributed by atoms with Gasteiger partial charge < -0.3 is 5.11 Å². The van der Waals surface area contributed by atoms with Gasteiger partial charge in [-0.1, -0.05) is 35.8 Å². The molecule has 2 unspecified atom stereocenters. The van der Waals surface area contributed by atoms with Crippen molar-refractivity contribution >= 4 is 21.0 Å². The molecular weight excluding hydrogens is 154 g/mol. The fraction of sp³-hybridized carbons (Fsp3) is 0.250. The van der Waals surface area contributed by atoms with E-state index >= 15 is 0 Å². The standard InChI is InChI=1S/C8H12BOP/c1-7(10)9(11)8-5-3-2-4-6-8/h2-7,10H,11H2,1H3. The summed E-state index contributed by atoms with van der Waals surface area (Å²) in [6, 6.07) is 9.67. The summed E-state index contributed by atoms with van der Waals surface area (Å²) in [6.45, 7) is 1.80. The normalized spacial score (nSPS) is 12.6. The van der Waals surface area contributed by atoms with Crippen LogP contribution in [-0.2, 0) is 0 Å². The van der Waals surface area contributed by atoms with E-state index in [-0.39, 0.29) is 12.4 Å². The summed E-state index contributed by atoms with van der Waals surface area (Å²) < 4.78 is 0. The molecule has 0 aliphatic rings. The maximum atomic E-state index is 9.25. The van der Waals surface area contributed by atoms with Gasteiger partial charge in [-0.2, -0.15) is 9.12 Å². The molecule has 0 fully saturated rings. The Kier molecular flexibility index (Phi) is 3.10. The average molecular weight is 166 g/mol. The van der Waals surface area contributed by atoms with Gasteiger partial charge in [0.25, 0.3) is 0 Å². The Labute approximate surface area is 70.1 Å². The summed E-state index contributed by atoms with van der Waals surface area (Å²) in [5.41, 5.74) is 1.16. The van der Waals surface area contributed by atoms with Crippen molar-refractivity contribution in [3.05, 3.63) is 30.3 Å². The lowest BCUT2D eigenvalue weighted by molar-refractivity contribution is 0.272. The van der Waals surface area contributed by atoms with Crippen LogP contribution in [0.5, 0.6) is 0 Å². The number of benzene rings is 1. The van der Waals surface area contributed by atoms with Crippen LogP contribution in [0, 0.1) is 0 Å². The monoisotopic (exact) mass is 166 g/mol. The molecule has 2 atom stereocenters. The molecule has 0 amide bonds. The molecule has 11 heavy (non-hydrogen) atoms. The number of hydrogen-bond acceptors (Lipinski definition) is 1. The zero-order valence-electron chi connectivity index (χ0n) is 6.57. The van der Waals surface area contributed by atoms with Gasteiger partial charge in [-0.3, -0.25) is 0 Å². The SMILES string of the molecule is CC(O)B(P)c1ccccc1. The van der Waals surface area contributed by atoms with Gasteiger partial charge in [0.05, 0.1) is 0 Å². The quantitative estimate of drug-likeness (QED) is 0.505. The summed E-state index contributed by atoms with van der Waals surface area (Å²) in [5, 5.41) is 9.25. The van der Waals surface area contributed by atoms with E-state index in [2.05, 4.69) is 9.12 Å². The molecule has 1 aromatic rings. The van der Waals surface area contributed by atoms with E-state index in [1.54, 1.807) is 6.92 Å². The molecule has 0 spiro atoms. The van der Waals surface area contributed by atoms with Gasteiger partial charge >= 0.3 is 0 Å². The lowest BCUT2D eigenvalue weighted by Gasteiger charge is -2.09. The Bertz CT molecular complexity index is 213. The molecule has 3 heteroatoms. The molecule has 1 rings (SSSR count). The van der Waals surface area contributed by atoms with E-state index < -0.39 is 0 Å². The number of rotatable bonds is 2. The van der Waals surface area contributed by atoms with E-state index in [0.29, 0.717) is 0 Å². The van der Waals surface area contributed by atoms with Crippen molar-refractivity contribution in [2.75, 3.05) is 0 Å². The second-order valence-corrected chi connectivity index (χ2v) is 3.40. The Morgan fingerprint density at radius 1 is 1.36 bits per heavy atom. The predicted octanol–water partition coefficient (Wildman–Crippen LogP) is 0.680. The van der Waals surface area contributed by atoms with Crippen molar-refractivity contribution < 1.29 is 5.11 Å². The molecule has 0 aliphatic carbocycles. The largest absolute Gasteiger partial charge is 0.401 e. The fourth-order valence-corrected chi connectivity index (χ4v) is 1.18. The highest BCUT2D eigenvalue weighted by molar-refractivity contribution is 7.65. The van der Waals surface area contributed by atoms with E-state index in [1.807, 2.05) is 30.3 Å². The van der Waals surface area contributed by atoms with Crippen LogP contribution in [0.3, 0.4) is 0 Å². The summed E-state index contributed by atoms with van der Waals surface area (Å²) in [7, 11) is 2.64. The molecule has 0 bridgehead atoms. The highest BCUT2D eigenvalue weighted by atomic mass is 31.0. The minimum atomic E-state index is -0.303. The van der Waals surface area contributed by atoms with Crippen molar-refractivity contribution in [2.45, 2.75) is 12.9 Å². The van der Waals surface area contributed by atoms with Crippen molar-refractivity contribution in [2.24, 2.45) is 0 Å². The van der Waals surface area contributed by atoms with Crippen LogP contribution in [-0.4, -0.2) is 17.5 Å². The van der Waals surface area contributed by atoms with Crippen molar-refractivity contribution in [3.8, 4) is 0 Å². The first kappa shape index (κ1) is 8.77. The van der Waals surface area contributed by atoms with Gasteiger partial charge in [-0.25, -0.2) is 0 Å². The van der Waals surface area contributed by atoms with E-state index in [4.69, 9.17) is 0 Å². The van der Waals surface area contributed by atoms with Crippen molar-refractivity contribution in [1.82, 2.24) is 0 Å². The van der Waals surface area contributed by atoms with Crippen LogP contribution in [0.25, 0.3) is 0 Å². The Morgan fingerprint density at radius 3 is 2.36 bits per heavy atom. The average Bonchev–Trinajstić information content (AvgIpc) is 2.05. The topological polar surface area (TPSA) is 20.2 Å². The molecule has 0 heterocycles. The van der Waals surface area contributed by atoms with Crippen LogP contribution in [0.2, 0.25) is 0 Å². The van der Waals surface area contributed by atoms with E-state index in [0.717, 1.165) is 5.46 Å². The maximum absolute atomic E-state index is 9.25. The molecule has 1 nitrogen and oxygen atoms in total. The second kappa shape index (κ2) is 3.89. The first-order valence-corrected chi connectivity index (χ1v) is 4.37. The second-order valence-electron chi connectivity index (χ2n) is 2.68. The smallest absolute Gasteiger partial charge is 0.230 e. The zero-order valence-corrected chi connectivity index (χ0v) is 7.72. The van der Waals surface area contributed by atoms with Gasteiger partial charge in [-0.15, -0.1) is 0 Å². The van der Waals surface area contributed by atoms with Crippen LogP contribution in [0.4, 0.5) is 0 Å². The molecule has 0 saturated carbocycles. The van der Waals surface area contributed by atoms with Crippen molar-refractivity contribution in [1.29, 1.82) is 0 Å². The van der Waals surface area contributed by atoms with Crippen LogP contribution < -0.4 is 5.46 Å². The Balaban J connectivity index is 2.77. The summed E-state index contributed by atoms with van der Waals surface area (Å²) >= 11 is 0. The third-order valence-electron chi connectivity index (χ3n) is 1.70. The molecule has 0 radical (unpaired) electrons. The zero-order chi connectivity index (χ0) is 8.27. The first-order chi connectivity index (χ1) is 5.22. The minimum Gasteiger partial charge on any atom is -0.401 e. The van der Waals surface area contributed by atoms with Crippen LogP contribution >= 0.6 is 9.12 Å². The molecule has 58 valence electrons.